The van der Waals surface area contributed by atoms with Gasteiger partial charge < -0.3 is 15.2 Å². The van der Waals surface area contributed by atoms with Gasteiger partial charge in [-0.3, -0.25) is 4.79 Å². The number of aliphatic carboxylic acids is 1. The lowest BCUT2D eigenvalue weighted by molar-refractivity contribution is -0.141. The molecular weight excluding hydrogens is 256 g/mol. The van der Waals surface area contributed by atoms with Gasteiger partial charge in [0.1, 0.15) is 12.0 Å². The van der Waals surface area contributed by atoms with Crippen molar-refractivity contribution in [3.63, 3.8) is 0 Å². The molecule has 2 N–H and O–H groups in total. The van der Waals surface area contributed by atoms with Crippen LogP contribution in [-0.2, 0) is 9.53 Å². The molecule has 0 amide bonds. The summed E-state index contributed by atoms with van der Waals surface area (Å²) in [5.74, 6) is -1.51. The van der Waals surface area contributed by atoms with Crippen molar-refractivity contribution < 1.29 is 14.6 Å². The van der Waals surface area contributed by atoms with E-state index >= 15 is 0 Å². The maximum Gasteiger partial charge on any atom is 0.311 e. The SMILES string of the molecule is N#Cc1cc(Cl)ccc1NC1COCC1C(=O)O. The van der Waals surface area contributed by atoms with Gasteiger partial charge in [0.05, 0.1) is 30.5 Å². The van der Waals surface area contributed by atoms with E-state index in [9.17, 15) is 4.79 Å². The minimum Gasteiger partial charge on any atom is -0.481 e. The quantitative estimate of drug-likeness (QED) is 0.870. The second kappa shape index (κ2) is 5.25. The Morgan fingerprint density at radius 3 is 3.00 bits per heavy atom. The Bertz CT molecular complexity index is 513. The molecule has 0 aliphatic carbocycles. The highest BCUT2D eigenvalue weighted by Gasteiger charge is 2.34. The smallest absolute Gasteiger partial charge is 0.311 e. The van der Waals surface area contributed by atoms with E-state index in [-0.39, 0.29) is 12.6 Å². The van der Waals surface area contributed by atoms with Crippen LogP contribution in [0.2, 0.25) is 5.02 Å². The number of nitrogens with zero attached hydrogens (tertiary/aromatic N) is 1. The van der Waals surface area contributed by atoms with Crippen LogP contribution in [0.3, 0.4) is 0 Å². The molecule has 94 valence electrons. The third-order valence-corrected chi connectivity index (χ3v) is 3.08. The van der Waals surface area contributed by atoms with Crippen molar-refractivity contribution in [3.8, 4) is 6.07 Å². The maximum absolute atomic E-state index is 11.0. The molecule has 2 atom stereocenters. The number of nitrogens with one attached hydrogen (secondary N) is 1. The Balaban J connectivity index is 2.19. The molecule has 6 heteroatoms. The Kier molecular flexibility index (Phi) is 3.70. The Hall–Kier alpha value is -1.77. The molecular formula is C12H11ClN2O3. The average Bonchev–Trinajstić information content (AvgIpc) is 2.79. The predicted molar refractivity (Wildman–Crippen MR) is 65.5 cm³/mol. The Labute approximate surface area is 109 Å². The number of carbonyl (C=O) groups is 1. The molecule has 5 nitrogen and oxygen atoms in total. The highest BCUT2D eigenvalue weighted by molar-refractivity contribution is 6.30. The van der Waals surface area contributed by atoms with Crippen LogP contribution in [0.15, 0.2) is 18.2 Å². The number of rotatable bonds is 3. The van der Waals surface area contributed by atoms with Crippen LogP contribution in [-0.4, -0.2) is 30.3 Å². The zero-order valence-corrected chi connectivity index (χ0v) is 10.1. The van der Waals surface area contributed by atoms with Gasteiger partial charge in [-0.25, -0.2) is 0 Å². The van der Waals surface area contributed by atoms with E-state index in [0.29, 0.717) is 22.9 Å². The molecule has 0 radical (unpaired) electrons. The molecule has 1 aromatic rings. The van der Waals surface area contributed by atoms with E-state index in [4.69, 9.17) is 26.7 Å². The molecule has 18 heavy (non-hydrogen) atoms. The van der Waals surface area contributed by atoms with Gasteiger partial charge in [0.2, 0.25) is 0 Å². The summed E-state index contributed by atoms with van der Waals surface area (Å²) in [5, 5.41) is 21.5. The van der Waals surface area contributed by atoms with E-state index in [1.807, 2.05) is 6.07 Å². The van der Waals surface area contributed by atoms with Gasteiger partial charge in [0.25, 0.3) is 0 Å². The van der Waals surface area contributed by atoms with Crippen molar-refractivity contribution in [1.29, 1.82) is 5.26 Å². The number of hydrogen-bond donors (Lipinski definition) is 2. The maximum atomic E-state index is 11.0. The Morgan fingerprint density at radius 2 is 2.33 bits per heavy atom. The zero-order chi connectivity index (χ0) is 13.1. The fourth-order valence-electron chi connectivity index (χ4n) is 1.87. The predicted octanol–water partition coefficient (Wildman–Crippen LogP) is 1.72. The molecule has 1 fully saturated rings. The summed E-state index contributed by atoms with van der Waals surface area (Å²) >= 11 is 5.79. The number of ether oxygens (including phenoxy) is 1. The lowest BCUT2D eigenvalue weighted by atomic mass is 10.0. The standard InChI is InChI=1S/C12H11ClN2O3/c13-8-1-2-10(7(3-8)4-14)15-11-6-18-5-9(11)12(16)17/h1-3,9,11,15H,5-6H2,(H,16,17). The van der Waals surface area contributed by atoms with Crippen molar-refractivity contribution in [1.82, 2.24) is 0 Å². The normalized spacial score (nSPS) is 22.4. The first-order valence-electron chi connectivity index (χ1n) is 5.38. The molecule has 1 aliphatic heterocycles. The number of nitriles is 1. The molecule has 1 aliphatic rings. The van der Waals surface area contributed by atoms with Gasteiger partial charge in [-0.05, 0) is 18.2 Å². The highest BCUT2D eigenvalue weighted by atomic mass is 35.5. The number of halogens is 1. The molecule has 1 saturated heterocycles. The minimum atomic E-state index is -0.905. The number of carboxylic acid groups (broad SMARTS) is 1. The van der Waals surface area contributed by atoms with Gasteiger partial charge in [-0.1, -0.05) is 11.6 Å². The summed E-state index contributed by atoms with van der Waals surface area (Å²) in [6.45, 7) is 0.493. The van der Waals surface area contributed by atoms with Crippen molar-refractivity contribution in [2.24, 2.45) is 5.92 Å². The van der Waals surface area contributed by atoms with Crippen LogP contribution in [0.5, 0.6) is 0 Å². The Morgan fingerprint density at radius 1 is 1.56 bits per heavy atom. The molecule has 0 bridgehead atoms. The van der Waals surface area contributed by atoms with Crippen molar-refractivity contribution in [2.75, 3.05) is 18.5 Å². The summed E-state index contributed by atoms with van der Waals surface area (Å²) in [7, 11) is 0. The third kappa shape index (κ3) is 2.55. The number of benzene rings is 1. The zero-order valence-electron chi connectivity index (χ0n) is 9.39. The molecule has 1 heterocycles. The first kappa shape index (κ1) is 12.7. The number of anilines is 1. The first-order chi connectivity index (χ1) is 8.61. The van der Waals surface area contributed by atoms with Gasteiger partial charge in [0.15, 0.2) is 0 Å². The summed E-state index contributed by atoms with van der Waals surface area (Å²) < 4.78 is 5.15. The summed E-state index contributed by atoms with van der Waals surface area (Å²) in [6.07, 6.45) is 0. The molecule has 0 spiro atoms. The van der Waals surface area contributed by atoms with E-state index in [2.05, 4.69) is 5.32 Å². The average molecular weight is 267 g/mol. The lowest BCUT2D eigenvalue weighted by Crippen LogP contribution is -2.33. The van der Waals surface area contributed by atoms with E-state index < -0.39 is 11.9 Å². The molecule has 2 rings (SSSR count). The fourth-order valence-corrected chi connectivity index (χ4v) is 2.05. The van der Waals surface area contributed by atoms with Crippen LogP contribution in [0.1, 0.15) is 5.56 Å². The number of carboxylic acids is 1. The third-order valence-electron chi connectivity index (χ3n) is 2.84. The van der Waals surface area contributed by atoms with Crippen LogP contribution in [0, 0.1) is 17.2 Å². The molecule has 0 aromatic heterocycles. The second-order valence-electron chi connectivity index (χ2n) is 4.03. The second-order valence-corrected chi connectivity index (χ2v) is 4.47. The van der Waals surface area contributed by atoms with Gasteiger partial charge in [-0.15, -0.1) is 0 Å². The lowest BCUT2D eigenvalue weighted by Gasteiger charge is -2.17. The highest BCUT2D eigenvalue weighted by Crippen LogP contribution is 2.24. The van der Waals surface area contributed by atoms with Gasteiger partial charge in [0, 0.05) is 5.02 Å². The van der Waals surface area contributed by atoms with Crippen LogP contribution >= 0.6 is 11.6 Å². The van der Waals surface area contributed by atoms with Crippen LogP contribution in [0.4, 0.5) is 5.69 Å². The largest absolute Gasteiger partial charge is 0.481 e. The summed E-state index contributed by atoms with van der Waals surface area (Å²) in [6, 6.07) is 6.53. The molecule has 0 saturated carbocycles. The van der Waals surface area contributed by atoms with E-state index in [1.165, 1.54) is 6.07 Å². The van der Waals surface area contributed by atoms with Crippen molar-refractivity contribution in [2.45, 2.75) is 6.04 Å². The van der Waals surface area contributed by atoms with Gasteiger partial charge in [-0.2, -0.15) is 5.26 Å². The van der Waals surface area contributed by atoms with E-state index in [0.717, 1.165) is 0 Å². The summed E-state index contributed by atoms with van der Waals surface area (Å²) in [4.78, 5) is 11.0. The topological polar surface area (TPSA) is 82.3 Å². The monoisotopic (exact) mass is 266 g/mol. The van der Waals surface area contributed by atoms with Crippen molar-refractivity contribution in [3.05, 3.63) is 28.8 Å². The van der Waals surface area contributed by atoms with Gasteiger partial charge >= 0.3 is 5.97 Å². The number of hydrogen-bond acceptors (Lipinski definition) is 4. The summed E-state index contributed by atoms with van der Waals surface area (Å²) in [5.41, 5.74) is 0.960. The fraction of sp³-hybridized carbons (Fsp3) is 0.333. The molecule has 1 aromatic carbocycles. The first-order valence-corrected chi connectivity index (χ1v) is 5.76. The van der Waals surface area contributed by atoms with Crippen molar-refractivity contribution >= 4 is 23.3 Å². The van der Waals surface area contributed by atoms with E-state index in [1.54, 1.807) is 12.1 Å². The van der Waals surface area contributed by atoms with Crippen LogP contribution < -0.4 is 5.32 Å². The minimum absolute atomic E-state index is 0.183. The van der Waals surface area contributed by atoms with Crippen LogP contribution in [0.25, 0.3) is 0 Å². The molecule has 2 unspecified atom stereocenters.